The Morgan fingerprint density at radius 1 is 1.52 bits per heavy atom. The molecule has 1 N–H and O–H groups in total. The van der Waals surface area contributed by atoms with Gasteiger partial charge in [-0.1, -0.05) is 19.9 Å². The van der Waals surface area contributed by atoms with Crippen molar-refractivity contribution in [1.29, 1.82) is 0 Å². The van der Waals surface area contributed by atoms with Gasteiger partial charge in [-0.25, -0.2) is 0 Å². The Kier molecular flexibility index (Phi) is 5.02. The van der Waals surface area contributed by atoms with Crippen molar-refractivity contribution in [1.82, 2.24) is 14.7 Å². The van der Waals surface area contributed by atoms with Crippen LogP contribution in [0.4, 0.5) is 0 Å². The second-order valence-corrected chi connectivity index (χ2v) is 8.65. The quantitative estimate of drug-likeness (QED) is 0.908. The summed E-state index contributed by atoms with van der Waals surface area (Å²) >= 11 is 1.62. The number of carbonyl (C=O) groups excluding carboxylic acids is 1. The van der Waals surface area contributed by atoms with E-state index >= 15 is 0 Å². The van der Waals surface area contributed by atoms with E-state index in [0.29, 0.717) is 31.1 Å². The smallest absolute Gasteiger partial charge is 0.272 e. The number of thiophene rings is 1. The molecule has 1 aliphatic rings. The van der Waals surface area contributed by atoms with Crippen molar-refractivity contribution in [2.75, 3.05) is 13.1 Å². The Morgan fingerprint density at radius 3 is 2.92 bits per heavy atom. The SMILES string of the molecule is CC(C)C[C@H]1CN(C(=O)c2cc(-c3cccs3)nn2C)CC[C@@]1(C)O. The highest BCUT2D eigenvalue weighted by molar-refractivity contribution is 7.13. The highest BCUT2D eigenvalue weighted by atomic mass is 32.1. The minimum atomic E-state index is -0.699. The first-order chi connectivity index (χ1) is 11.8. The lowest BCUT2D eigenvalue weighted by molar-refractivity contribution is -0.0578. The van der Waals surface area contributed by atoms with E-state index in [1.807, 2.05) is 42.5 Å². The molecule has 5 nitrogen and oxygen atoms in total. The largest absolute Gasteiger partial charge is 0.390 e. The Balaban J connectivity index is 1.79. The number of rotatable bonds is 4. The number of piperidine rings is 1. The van der Waals surface area contributed by atoms with Crippen LogP contribution in [0.5, 0.6) is 0 Å². The third-order valence-corrected chi connectivity index (χ3v) is 6.02. The molecule has 0 aromatic carbocycles. The Morgan fingerprint density at radius 2 is 2.28 bits per heavy atom. The predicted octanol–water partition coefficient (Wildman–Crippen LogP) is 3.41. The molecule has 0 spiro atoms. The molecule has 2 aromatic rings. The van der Waals surface area contributed by atoms with Crippen molar-refractivity contribution in [2.45, 2.75) is 39.2 Å². The van der Waals surface area contributed by atoms with E-state index in [1.165, 1.54) is 0 Å². The number of carbonyl (C=O) groups is 1. The van der Waals surface area contributed by atoms with Crippen LogP contribution in [0.3, 0.4) is 0 Å². The first-order valence-electron chi connectivity index (χ1n) is 8.87. The van der Waals surface area contributed by atoms with E-state index < -0.39 is 5.60 Å². The topological polar surface area (TPSA) is 58.4 Å². The van der Waals surface area contributed by atoms with Gasteiger partial charge < -0.3 is 10.0 Å². The summed E-state index contributed by atoms with van der Waals surface area (Å²) in [7, 11) is 1.82. The van der Waals surface area contributed by atoms with Crippen LogP contribution >= 0.6 is 11.3 Å². The fraction of sp³-hybridized carbons (Fsp3) is 0.579. The van der Waals surface area contributed by atoms with E-state index in [-0.39, 0.29) is 11.8 Å². The third-order valence-electron chi connectivity index (χ3n) is 5.12. The van der Waals surface area contributed by atoms with Crippen LogP contribution in [0.25, 0.3) is 10.6 Å². The van der Waals surface area contributed by atoms with E-state index in [9.17, 15) is 9.90 Å². The molecule has 1 fully saturated rings. The van der Waals surface area contributed by atoms with Gasteiger partial charge in [0.1, 0.15) is 11.4 Å². The van der Waals surface area contributed by atoms with E-state index in [4.69, 9.17) is 0 Å². The summed E-state index contributed by atoms with van der Waals surface area (Å²) in [4.78, 5) is 16.0. The lowest BCUT2D eigenvalue weighted by Gasteiger charge is -2.43. The lowest BCUT2D eigenvalue weighted by atomic mass is 9.78. The van der Waals surface area contributed by atoms with Crippen LogP contribution in [0.1, 0.15) is 44.1 Å². The molecule has 0 aliphatic carbocycles. The maximum Gasteiger partial charge on any atom is 0.272 e. The molecule has 2 atom stereocenters. The Hall–Kier alpha value is -1.66. The van der Waals surface area contributed by atoms with Gasteiger partial charge in [0.25, 0.3) is 5.91 Å². The van der Waals surface area contributed by atoms with Crippen LogP contribution in [0, 0.1) is 11.8 Å². The molecular weight excluding hydrogens is 334 g/mol. The monoisotopic (exact) mass is 361 g/mol. The average Bonchev–Trinajstić information content (AvgIpc) is 3.17. The second kappa shape index (κ2) is 6.92. The predicted molar refractivity (Wildman–Crippen MR) is 101 cm³/mol. The molecular formula is C19H27N3O2S. The van der Waals surface area contributed by atoms with E-state index in [2.05, 4.69) is 18.9 Å². The maximum atomic E-state index is 13.0. The van der Waals surface area contributed by atoms with Crippen LogP contribution in [0.15, 0.2) is 23.6 Å². The van der Waals surface area contributed by atoms with Gasteiger partial charge in [-0.05, 0) is 43.2 Å². The van der Waals surface area contributed by atoms with Gasteiger partial charge in [-0.3, -0.25) is 9.48 Å². The molecule has 136 valence electrons. The lowest BCUT2D eigenvalue weighted by Crippen LogP contribution is -2.52. The zero-order valence-corrected chi connectivity index (χ0v) is 16.2. The van der Waals surface area contributed by atoms with Gasteiger partial charge in [0.15, 0.2) is 0 Å². The normalized spacial score (nSPS) is 24.1. The molecule has 1 amide bonds. The standard InChI is InChI=1S/C19H27N3O2S/c1-13(2)10-14-12-22(8-7-19(14,3)24)18(23)16-11-15(20-21(16)4)17-6-5-9-25-17/h5-6,9,11,13-14,24H,7-8,10,12H2,1-4H3/t14-,19+/m0/s1. The van der Waals surface area contributed by atoms with Gasteiger partial charge in [-0.15, -0.1) is 11.3 Å². The number of aryl methyl sites for hydroxylation is 1. The number of aliphatic hydroxyl groups is 1. The fourth-order valence-electron chi connectivity index (χ4n) is 3.58. The number of likely N-dealkylation sites (tertiary alicyclic amines) is 1. The van der Waals surface area contributed by atoms with E-state index in [0.717, 1.165) is 17.0 Å². The number of nitrogens with zero attached hydrogens (tertiary/aromatic N) is 3. The zero-order valence-electron chi connectivity index (χ0n) is 15.4. The van der Waals surface area contributed by atoms with Crippen molar-refractivity contribution in [3.63, 3.8) is 0 Å². The molecule has 1 saturated heterocycles. The number of aromatic nitrogens is 2. The summed E-state index contributed by atoms with van der Waals surface area (Å²) in [6.07, 6.45) is 1.54. The maximum absolute atomic E-state index is 13.0. The summed E-state index contributed by atoms with van der Waals surface area (Å²) in [6, 6.07) is 5.87. The molecule has 1 aliphatic heterocycles. The minimum absolute atomic E-state index is 0.00191. The molecule has 0 saturated carbocycles. The first-order valence-corrected chi connectivity index (χ1v) is 9.75. The van der Waals surface area contributed by atoms with Crippen molar-refractivity contribution < 1.29 is 9.90 Å². The highest BCUT2D eigenvalue weighted by Gasteiger charge is 2.39. The molecule has 3 heterocycles. The number of hydrogen-bond acceptors (Lipinski definition) is 4. The molecule has 25 heavy (non-hydrogen) atoms. The molecule has 0 unspecified atom stereocenters. The van der Waals surface area contributed by atoms with Crippen LogP contribution < -0.4 is 0 Å². The van der Waals surface area contributed by atoms with Gasteiger partial charge in [0.05, 0.1) is 10.5 Å². The first kappa shape index (κ1) is 18.1. The zero-order chi connectivity index (χ0) is 18.2. The summed E-state index contributed by atoms with van der Waals surface area (Å²) in [5.74, 6) is 0.603. The Labute approximate surface area is 153 Å². The highest BCUT2D eigenvalue weighted by Crippen LogP contribution is 2.33. The Bertz CT molecular complexity index is 734. The van der Waals surface area contributed by atoms with Crippen molar-refractivity contribution in [3.8, 4) is 10.6 Å². The second-order valence-electron chi connectivity index (χ2n) is 7.70. The summed E-state index contributed by atoms with van der Waals surface area (Å²) in [5.41, 5.74) is 0.743. The number of amides is 1. The fourth-order valence-corrected chi connectivity index (χ4v) is 4.26. The molecule has 2 aromatic heterocycles. The van der Waals surface area contributed by atoms with Gasteiger partial charge >= 0.3 is 0 Å². The molecule has 0 bridgehead atoms. The van der Waals surface area contributed by atoms with Gasteiger partial charge in [-0.2, -0.15) is 5.10 Å². The van der Waals surface area contributed by atoms with Crippen molar-refractivity contribution >= 4 is 17.2 Å². The van der Waals surface area contributed by atoms with Crippen LogP contribution in [0.2, 0.25) is 0 Å². The third kappa shape index (κ3) is 3.80. The van der Waals surface area contributed by atoms with Gasteiger partial charge in [0.2, 0.25) is 0 Å². The van der Waals surface area contributed by atoms with Crippen molar-refractivity contribution in [2.24, 2.45) is 18.9 Å². The molecule has 0 radical (unpaired) electrons. The van der Waals surface area contributed by atoms with Gasteiger partial charge in [0, 0.05) is 26.1 Å². The molecule has 3 rings (SSSR count). The van der Waals surface area contributed by atoms with E-state index in [1.54, 1.807) is 16.0 Å². The minimum Gasteiger partial charge on any atom is -0.390 e. The van der Waals surface area contributed by atoms with Crippen LogP contribution in [-0.2, 0) is 7.05 Å². The van der Waals surface area contributed by atoms with Crippen LogP contribution in [-0.4, -0.2) is 44.4 Å². The van der Waals surface area contributed by atoms with Crippen molar-refractivity contribution in [3.05, 3.63) is 29.3 Å². The average molecular weight is 362 g/mol. The summed E-state index contributed by atoms with van der Waals surface area (Å²) < 4.78 is 1.67. The number of hydrogen-bond donors (Lipinski definition) is 1. The summed E-state index contributed by atoms with van der Waals surface area (Å²) in [6.45, 7) is 7.40. The summed E-state index contributed by atoms with van der Waals surface area (Å²) in [5, 5.41) is 17.2. The molecule has 6 heteroatoms.